The van der Waals surface area contributed by atoms with Crippen LogP contribution >= 0.6 is 0 Å². The average molecular weight is 560 g/mol. The number of aliphatic hydroxyl groups excluding tert-OH is 1. The molecule has 0 aromatic carbocycles. The molecule has 1 heterocycles. The van der Waals surface area contributed by atoms with Crippen LogP contribution in [0.4, 0.5) is 0 Å². The summed E-state index contributed by atoms with van der Waals surface area (Å²) in [6.45, 7) is 16.1. The van der Waals surface area contributed by atoms with Gasteiger partial charge in [-0.05, 0) is 120 Å². The van der Waals surface area contributed by atoms with Crippen molar-refractivity contribution in [2.45, 2.75) is 106 Å². The molecule has 1 aromatic rings. The summed E-state index contributed by atoms with van der Waals surface area (Å²) in [4.78, 5) is 31.1. The quantitative estimate of drug-likeness (QED) is 0.289. The number of carbonyl (C=O) groups is 2. The Balaban J connectivity index is 1.46. The van der Waals surface area contributed by atoms with Gasteiger partial charge in [-0.1, -0.05) is 60.1 Å². The Labute approximate surface area is 245 Å². The lowest BCUT2D eigenvalue weighted by Crippen LogP contribution is -2.66. The van der Waals surface area contributed by atoms with Crippen molar-refractivity contribution >= 4 is 17.8 Å². The number of fused-ring (bicyclic) bond motifs is 7. The molecular formula is C36H49NO4. The van der Waals surface area contributed by atoms with Crippen molar-refractivity contribution in [2.24, 2.45) is 50.2 Å². The molecule has 2 N–H and O–H groups in total. The Morgan fingerprint density at radius 3 is 2.32 bits per heavy atom. The molecule has 5 aliphatic rings. The zero-order valence-electron chi connectivity index (χ0n) is 26.1. The van der Waals surface area contributed by atoms with Crippen LogP contribution < -0.4 is 0 Å². The number of rotatable bonds is 2. The van der Waals surface area contributed by atoms with Gasteiger partial charge >= 0.3 is 5.97 Å². The number of carboxylic acids is 1. The highest BCUT2D eigenvalue weighted by molar-refractivity contribution is 6.04. The lowest BCUT2D eigenvalue weighted by Gasteiger charge is -2.70. The molecule has 5 heteroatoms. The van der Waals surface area contributed by atoms with Gasteiger partial charge in [0.2, 0.25) is 0 Å². The summed E-state index contributed by atoms with van der Waals surface area (Å²) in [5, 5.41) is 22.0. The minimum absolute atomic E-state index is 0.0161. The number of aliphatic hydroxyl groups is 1. The Morgan fingerprint density at radius 1 is 0.976 bits per heavy atom. The molecule has 8 atom stereocenters. The number of nitrogens with zero attached hydrogens (tertiary/aromatic N) is 1. The highest BCUT2D eigenvalue weighted by Crippen LogP contribution is 2.75. The van der Waals surface area contributed by atoms with Crippen molar-refractivity contribution < 1.29 is 19.8 Å². The maximum Gasteiger partial charge on any atom is 0.312 e. The Bertz CT molecular complexity index is 1340. The fourth-order valence-electron chi connectivity index (χ4n) is 11.5. The zero-order chi connectivity index (χ0) is 29.8. The SMILES string of the molecule is CC1(C)C[C@@H](O)[C@]2(C(=O)O)CC[C@]3(C)C(=CC[C@@H]4[C@@]5(C)C/C(=C\c6ccncc6)C(=O)C(C)(C)[C@@H]5CC[C@]43C)[C@@H]2C1. The monoisotopic (exact) mass is 559 g/mol. The molecule has 222 valence electrons. The third kappa shape index (κ3) is 3.72. The van der Waals surface area contributed by atoms with Gasteiger partial charge in [-0.2, -0.15) is 0 Å². The Kier molecular flexibility index (Phi) is 6.24. The van der Waals surface area contributed by atoms with E-state index in [0.717, 1.165) is 49.7 Å². The minimum Gasteiger partial charge on any atom is -0.481 e. The van der Waals surface area contributed by atoms with Crippen LogP contribution in [-0.4, -0.2) is 33.1 Å². The lowest BCUT2D eigenvalue weighted by molar-refractivity contribution is -0.197. The maximum absolute atomic E-state index is 14.0. The van der Waals surface area contributed by atoms with Crippen LogP contribution in [0.3, 0.4) is 0 Å². The maximum atomic E-state index is 14.0. The molecule has 0 bridgehead atoms. The van der Waals surface area contributed by atoms with Crippen LogP contribution in [0.25, 0.3) is 6.08 Å². The molecule has 4 saturated carbocycles. The van der Waals surface area contributed by atoms with Crippen molar-refractivity contribution in [3.63, 3.8) is 0 Å². The molecule has 5 aliphatic carbocycles. The Hall–Kier alpha value is -2.27. The zero-order valence-corrected chi connectivity index (χ0v) is 26.1. The number of carboxylic acid groups (broad SMARTS) is 1. The fourth-order valence-corrected chi connectivity index (χ4v) is 11.5. The van der Waals surface area contributed by atoms with Gasteiger partial charge in [0, 0.05) is 17.8 Å². The second-order valence-electron chi connectivity index (χ2n) is 16.5. The van der Waals surface area contributed by atoms with Gasteiger partial charge < -0.3 is 10.2 Å². The molecule has 6 rings (SSSR count). The largest absolute Gasteiger partial charge is 0.481 e. The molecule has 41 heavy (non-hydrogen) atoms. The fraction of sp³-hybridized carbons (Fsp3) is 0.694. The van der Waals surface area contributed by atoms with Crippen LogP contribution in [0.2, 0.25) is 0 Å². The summed E-state index contributed by atoms with van der Waals surface area (Å²) in [7, 11) is 0. The number of aliphatic carboxylic acids is 1. The Morgan fingerprint density at radius 2 is 1.66 bits per heavy atom. The topological polar surface area (TPSA) is 87.5 Å². The second-order valence-corrected chi connectivity index (χ2v) is 16.5. The van der Waals surface area contributed by atoms with Gasteiger partial charge in [-0.25, -0.2) is 0 Å². The molecule has 0 aliphatic heterocycles. The highest BCUT2D eigenvalue weighted by atomic mass is 16.4. The third-order valence-electron chi connectivity index (χ3n) is 13.7. The van der Waals surface area contributed by atoms with Crippen LogP contribution in [0, 0.1) is 50.2 Å². The molecule has 4 fully saturated rings. The van der Waals surface area contributed by atoms with E-state index in [-0.39, 0.29) is 33.4 Å². The number of Topliss-reactive ketones (excluding diaryl/α,β-unsaturated/α-hetero) is 1. The van der Waals surface area contributed by atoms with Crippen LogP contribution in [-0.2, 0) is 9.59 Å². The summed E-state index contributed by atoms with van der Waals surface area (Å²) in [5.41, 5.74) is 1.40. The van der Waals surface area contributed by atoms with Gasteiger partial charge in [0.15, 0.2) is 5.78 Å². The van der Waals surface area contributed by atoms with E-state index >= 15 is 0 Å². The first-order chi connectivity index (χ1) is 19.0. The molecular weight excluding hydrogens is 510 g/mol. The summed E-state index contributed by atoms with van der Waals surface area (Å²) in [6, 6.07) is 3.94. The first-order valence-corrected chi connectivity index (χ1v) is 15.8. The van der Waals surface area contributed by atoms with E-state index in [1.165, 1.54) is 5.57 Å². The molecule has 0 unspecified atom stereocenters. The predicted octanol–water partition coefficient (Wildman–Crippen LogP) is 7.50. The van der Waals surface area contributed by atoms with Crippen molar-refractivity contribution in [1.82, 2.24) is 4.98 Å². The number of pyridine rings is 1. The molecule has 0 amide bonds. The van der Waals surface area contributed by atoms with Gasteiger partial charge in [0.05, 0.1) is 6.10 Å². The van der Waals surface area contributed by atoms with Crippen molar-refractivity contribution in [3.05, 3.63) is 47.3 Å². The van der Waals surface area contributed by atoms with Crippen LogP contribution in [0.5, 0.6) is 0 Å². The second kappa shape index (κ2) is 8.88. The number of ketones is 1. The number of hydrogen-bond acceptors (Lipinski definition) is 4. The van der Waals surface area contributed by atoms with Crippen LogP contribution in [0.15, 0.2) is 41.7 Å². The van der Waals surface area contributed by atoms with Crippen molar-refractivity contribution in [2.75, 3.05) is 0 Å². The van der Waals surface area contributed by atoms with E-state index in [0.29, 0.717) is 24.7 Å². The van der Waals surface area contributed by atoms with Crippen molar-refractivity contribution in [1.29, 1.82) is 0 Å². The van der Waals surface area contributed by atoms with E-state index in [2.05, 4.69) is 65.6 Å². The summed E-state index contributed by atoms with van der Waals surface area (Å²) < 4.78 is 0. The number of allylic oxidation sites excluding steroid dienone is 3. The average Bonchev–Trinajstić information content (AvgIpc) is 2.87. The van der Waals surface area contributed by atoms with E-state index in [4.69, 9.17) is 0 Å². The van der Waals surface area contributed by atoms with E-state index in [9.17, 15) is 19.8 Å². The van der Waals surface area contributed by atoms with E-state index in [1.807, 2.05) is 12.1 Å². The van der Waals surface area contributed by atoms with Gasteiger partial charge in [-0.3, -0.25) is 14.6 Å². The number of aromatic nitrogens is 1. The standard InChI is InChI=1S/C36H49NO4/c1-31(2)20-25-24-8-9-27-33(5)19-23(18-22-11-16-37-17-12-22)29(39)32(3,4)26(33)10-13-35(27,7)34(24,6)14-15-36(25,30(40)41)28(38)21-31/h8,11-12,16-18,25-28,38H,9-10,13-15,19-21H2,1-7H3,(H,40,41)/b23-18+/t25-,26-,27+,28+,33-,34+,35+,36-/m0/s1. The highest BCUT2D eigenvalue weighted by Gasteiger charge is 2.71. The van der Waals surface area contributed by atoms with Crippen molar-refractivity contribution in [3.8, 4) is 0 Å². The molecule has 0 saturated heterocycles. The summed E-state index contributed by atoms with van der Waals surface area (Å²) in [5.74, 6) is -0.0106. The number of carbonyl (C=O) groups excluding carboxylic acids is 1. The van der Waals surface area contributed by atoms with Gasteiger partial charge in [0.1, 0.15) is 5.41 Å². The first-order valence-electron chi connectivity index (χ1n) is 15.8. The van der Waals surface area contributed by atoms with E-state index < -0.39 is 22.9 Å². The normalized spacial score (nSPS) is 45.5. The summed E-state index contributed by atoms with van der Waals surface area (Å²) >= 11 is 0. The predicted molar refractivity (Wildman–Crippen MR) is 161 cm³/mol. The molecule has 5 nitrogen and oxygen atoms in total. The molecule has 0 radical (unpaired) electrons. The van der Waals surface area contributed by atoms with Crippen LogP contribution in [0.1, 0.15) is 105 Å². The molecule has 0 spiro atoms. The first kappa shape index (κ1) is 28.8. The molecule has 1 aromatic heterocycles. The summed E-state index contributed by atoms with van der Waals surface area (Å²) in [6.07, 6.45) is 13.6. The van der Waals surface area contributed by atoms with Gasteiger partial charge in [-0.15, -0.1) is 0 Å². The number of hydrogen-bond donors (Lipinski definition) is 2. The van der Waals surface area contributed by atoms with Gasteiger partial charge in [0.25, 0.3) is 0 Å². The minimum atomic E-state index is -1.09. The van der Waals surface area contributed by atoms with E-state index in [1.54, 1.807) is 12.4 Å². The smallest absolute Gasteiger partial charge is 0.312 e. The third-order valence-corrected chi connectivity index (χ3v) is 13.7. The lowest BCUT2D eigenvalue weighted by atomic mass is 9.33.